The zero-order valence-corrected chi connectivity index (χ0v) is 6.20. The largest absolute Gasteiger partial charge is 0.677 e. The van der Waals surface area contributed by atoms with Crippen LogP contribution in [0.15, 0.2) is 0 Å². The van der Waals surface area contributed by atoms with E-state index in [0.717, 1.165) is 6.42 Å². The molecule has 0 aliphatic carbocycles. The van der Waals surface area contributed by atoms with Crippen molar-refractivity contribution in [1.29, 1.82) is 0 Å². The predicted molar refractivity (Wildman–Crippen MR) is 26.7 cm³/mol. The Balaban J connectivity index is -0.0000000450. The third-order valence-electron chi connectivity index (χ3n) is 0.250. The van der Waals surface area contributed by atoms with Gasteiger partial charge in [0.05, 0.1) is 0 Å². The van der Waals surface area contributed by atoms with Crippen molar-refractivity contribution in [3.05, 3.63) is 5.73 Å². The van der Waals surface area contributed by atoms with Gasteiger partial charge in [-0.05, 0) is 0 Å². The van der Waals surface area contributed by atoms with Gasteiger partial charge in [-0.3, -0.25) is 0 Å². The monoisotopic (exact) mass is 142 g/mol. The fourth-order valence-electron chi connectivity index (χ4n) is 0. The fraction of sp³-hybridized carbons (Fsp3) is 1.00. The van der Waals surface area contributed by atoms with E-state index in [4.69, 9.17) is 5.73 Å². The molecule has 0 aromatic rings. The van der Waals surface area contributed by atoms with E-state index in [1.54, 1.807) is 0 Å². The van der Waals surface area contributed by atoms with Crippen LogP contribution in [0.4, 0.5) is 0 Å². The van der Waals surface area contributed by atoms with Gasteiger partial charge in [-0.25, -0.2) is 0 Å². The van der Waals surface area contributed by atoms with Crippen molar-refractivity contribution in [3.63, 3.8) is 0 Å². The maximum atomic E-state index is 6.45. The van der Waals surface area contributed by atoms with Crippen molar-refractivity contribution < 1.29 is 21.7 Å². The molecule has 38 valence electrons. The SMILES string of the molecule is CCC[NH-].Cl.[Ti]. The molecule has 0 aromatic heterocycles. The molecule has 0 unspecified atom stereocenters. The molecule has 0 bridgehead atoms. The second kappa shape index (κ2) is 16.7. The number of hydrogen-bond donors (Lipinski definition) is 0. The van der Waals surface area contributed by atoms with Gasteiger partial charge in [0.2, 0.25) is 0 Å². The molecule has 0 aliphatic rings. The zero-order chi connectivity index (χ0) is 3.41. The first-order chi connectivity index (χ1) is 1.91. The van der Waals surface area contributed by atoms with Crippen molar-refractivity contribution in [2.24, 2.45) is 0 Å². The van der Waals surface area contributed by atoms with Crippen molar-refractivity contribution in [3.8, 4) is 0 Å². The Bertz CT molecular complexity index is 12.8. The van der Waals surface area contributed by atoms with Crippen LogP contribution >= 0.6 is 12.4 Å². The second-order valence-corrected chi connectivity index (χ2v) is 0.750. The summed E-state index contributed by atoms with van der Waals surface area (Å²) in [6.07, 6.45) is 0.986. The second-order valence-electron chi connectivity index (χ2n) is 0.750. The summed E-state index contributed by atoms with van der Waals surface area (Å²) in [6, 6.07) is 0. The van der Waals surface area contributed by atoms with Gasteiger partial charge in [-0.2, -0.15) is 6.54 Å². The molecule has 0 saturated carbocycles. The van der Waals surface area contributed by atoms with Crippen LogP contribution in [0.5, 0.6) is 0 Å². The molecular weight excluding hydrogens is 133 g/mol. The van der Waals surface area contributed by atoms with Crippen LogP contribution in [0, 0.1) is 0 Å². The molecule has 6 heavy (non-hydrogen) atoms. The van der Waals surface area contributed by atoms with Crippen molar-refractivity contribution in [1.82, 2.24) is 0 Å². The summed E-state index contributed by atoms with van der Waals surface area (Å²) in [4.78, 5) is 0. The summed E-state index contributed by atoms with van der Waals surface area (Å²) in [5, 5.41) is 0. The molecular formula is C3H9ClNTi-. The molecule has 0 aromatic carbocycles. The summed E-state index contributed by atoms with van der Waals surface area (Å²) < 4.78 is 0. The van der Waals surface area contributed by atoms with Gasteiger partial charge < -0.3 is 5.73 Å². The van der Waals surface area contributed by atoms with E-state index in [1.807, 2.05) is 6.92 Å². The third-order valence-corrected chi connectivity index (χ3v) is 0.250. The van der Waals surface area contributed by atoms with Crippen LogP contribution in [-0.4, -0.2) is 6.54 Å². The van der Waals surface area contributed by atoms with Gasteiger partial charge in [0.1, 0.15) is 0 Å². The molecule has 0 atom stereocenters. The number of halogens is 1. The van der Waals surface area contributed by atoms with Gasteiger partial charge in [-0.15, -0.1) is 12.4 Å². The van der Waals surface area contributed by atoms with Crippen molar-refractivity contribution in [2.45, 2.75) is 13.3 Å². The zero-order valence-electron chi connectivity index (χ0n) is 3.82. The summed E-state index contributed by atoms with van der Waals surface area (Å²) >= 11 is 0. The Morgan fingerprint density at radius 1 is 1.50 bits per heavy atom. The van der Waals surface area contributed by atoms with Gasteiger partial charge in [-0.1, -0.05) is 13.3 Å². The van der Waals surface area contributed by atoms with E-state index in [0.29, 0.717) is 6.54 Å². The molecule has 0 saturated heterocycles. The van der Waals surface area contributed by atoms with Gasteiger partial charge in [0.25, 0.3) is 0 Å². The fourth-order valence-corrected chi connectivity index (χ4v) is 0. The minimum absolute atomic E-state index is 0. The topological polar surface area (TPSA) is 23.8 Å². The quantitative estimate of drug-likeness (QED) is 0.499. The normalized spacial score (nSPS) is 5.00. The first-order valence-corrected chi connectivity index (χ1v) is 1.56. The first kappa shape index (κ1) is 15.8. The van der Waals surface area contributed by atoms with Crippen LogP contribution in [0.1, 0.15) is 13.3 Å². The van der Waals surface area contributed by atoms with E-state index < -0.39 is 0 Å². The predicted octanol–water partition coefficient (Wildman–Crippen LogP) is 1.87. The average Bonchev–Trinajstić information content (AvgIpc) is 1.37. The molecule has 0 amide bonds. The van der Waals surface area contributed by atoms with Crippen molar-refractivity contribution in [2.75, 3.05) is 6.54 Å². The smallest absolute Gasteiger partial charge is 0 e. The molecule has 3 heteroatoms. The van der Waals surface area contributed by atoms with Crippen LogP contribution in [0.3, 0.4) is 0 Å². The molecule has 0 aliphatic heterocycles. The van der Waals surface area contributed by atoms with Crippen LogP contribution < -0.4 is 0 Å². The van der Waals surface area contributed by atoms with E-state index in [2.05, 4.69) is 0 Å². The number of nitrogens with one attached hydrogen (secondary N) is 1. The first-order valence-electron chi connectivity index (χ1n) is 1.56. The van der Waals surface area contributed by atoms with Crippen molar-refractivity contribution >= 4 is 12.4 Å². The van der Waals surface area contributed by atoms with Crippen LogP contribution in [-0.2, 0) is 21.7 Å². The Morgan fingerprint density at radius 3 is 1.67 bits per heavy atom. The van der Waals surface area contributed by atoms with Crippen LogP contribution in [0.2, 0.25) is 0 Å². The Hall–Kier alpha value is 0.964. The molecule has 0 fully saturated rings. The summed E-state index contributed by atoms with van der Waals surface area (Å²) in [5.74, 6) is 0. The van der Waals surface area contributed by atoms with E-state index in [1.165, 1.54) is 0 Å². The summed E-state index contributed by atoms with van der Waals surface area (Å²) in [6.45, 7) is 2.56. The standard InChI is InChI=1S/C3H8N.ClH.Ti/c1-2-3-4;;/h4H,2-3H2,1H3;1H;/q-1;;. The minimum atomic E-state index is 0. The average molecular weight is 142 g/mol. The summed E-state index contributed by atoms with van der Waals surface area (Å²) in [5.41, 5.74) is 6.45. The molecule has 0 rings (SSSR count). The van der Waals surface area contributed by atoms with Gasteiger partial charge in [0.15, 0.2) is 0 Å². The minimum Gasteiger partial charge on any atom is -0.677 e. The van der Waals surface area contributed by atoms with Crippen LogP contribution in [0.25, 0.3) is 5.73 Å². The molecule has 0 heterocycles. The molecule has 1 nitrogen and oxygen atoms in total. The number of rotatable bonds is 1. The Morgan fingerprint density at radius 2 is 1.67 bits per heavy atom. The summed E-state index contributed by atoms with van der Waals surface area (Å²) in [7, 11) is 0. The Labute approximate surface area is 60.0 Å². The number of hydrogen-bond acceptors (Lipinski definition) is 0. The third kappa shape index (κ3) is 20.2. The van der Waals surface area contributed by atoms with E-state index in [-0.39, 0.29) is 34.1 Å². The maximum absolute atomic E-state index is 6.45. The molecule has 0 radical (unpaired) electrons. The molecule has 1 N–H and O–H groups in total. The van der Waals surface area contributed by atoms with E-state index >= 15 is 0 Å². The van der Waals surface area contributed by atoms with E-state index in [9.17, 15) is 0 Å². The van der Waals surface area contributed by atoms with Gasteiger partial charge >= 0.3 is 0 Å². The molecule has 0 spiro atoms. The van der Waals surface area contributed by atoms with Gasteiger partial charge in [0, 0.05) is 21.7 Å². The maximum Gasteiger partial charge on any atom is 0 e. The Kier molecular flexibility index (Phi) is 43.9.